The lowest BCUT2D eigenvalue weighted by Crippen LogP contribution is -2.23. The van der Waals surface area contributed by atoms with E-state index in [4.69, 9.17) is 20.8 Å². The first-order valence-electron chi connectivity index (χ1n) is 11.9. The summed E-state index contributed by atoms with van der Waals surface area (Å²) in [5, 5.41) is 3.46. The quantitative estimate of drug-likeness (QED) is 0.183. The number of benzene rings is 4. The lowest BCUT2D eigenvalue weighted by atomic mass is 10.1. The Hall–Kier alpha value is -4.44. The van der Waals surface area contributed by atoms with Crippen LogP contribution in [0.4, 0.5) is 5.69 Å². The van der Waals surface area contributed by atoms with Crippen LogP contribution in [0.3, 0.4) is 0 Å². The molecule has 0 heterocycles. The molecule has 0 radical (unpaired) electrons. The van der Waals surface area contributed by atoms with Crippen molar-refractivity contribution in [2.75, 3.05) is 13.7 Å². The number of hydrogen-bond donors (Lipinski definition) is 1. The highest BCUT2D eigenvalue weighted by molar-refractivity contribution is 5.89. The Morgan fingerprint density at radius 1 is 0.838 bits per heavy atom. The maximum Gasteiger partial charge on any atom is 0.337 e. The Labute approximate surface area is 217 Å². The second-order valence-electron chi connectivity index (χ2n) is 8.38. The maximum absolute atomic E-state index is 11.6. The molecule has 0 aliphatic heterocycles. The summed E-state index contributed by atoms with van der Waals surface area (Å²) >= 11 is 0. The van der Waals surface area contributed by atoms with Crippen molar-refractivity contribution in [1.82, 2.24) is 5.32 Å². The molecule has 186 valence electrons. The first-order chi connectivity index (χ1) is 18.1. The van der Waals surface area contributed by atoms with Gasteiger partial charge in [0.15, 0.2) is 5.69 Å². The minimum absolute atomic E-state index is 0.132. The molecular weight excluding hydrogens is 464 g/mol. The molecule has 0 fully saturated rings. The third-order valence-corrected chi connectivity index (χ3v) is 5.78. The highest BCUT2D eigenvalue weighted by Gasteiger charge is 2.12. The van der Waals surface area contributed by atoms with E-state index in [0.29, 0.717) is 36.7 Å². The third kappa shape index (κ3) is 7.52. The molecule has 37 heavy (non-hydrogen) atoms. The second kappa shape index (κ2) is 13.0. The number of esters is 1. The van der Waals surface area contributed by atoms with E-state index in [1.807, 2.05) is 54.6 Å². The van der Waals surface area contributed by atoms with Gasteiger partial charge in [-0.15, -0.1) is 0 Å². The van der Waals surface area contributed by atoms with E-state index in [-0.39, 0.29) is 12.1 Å². The molecule has 0 spiro atoms. The zero-order chi connectivity index (χ0) is 25.9. The minimum atomic E-state index is -0.341. The number of carbonyl (C=O) groups is 1. The Morgan fingerprint density at radius 2 is 1.46 bits per heavy atom. The molecule has 0 unspecified atom stereocenters. The SMILES string of the molecule is [C-]#[N+]c1ccc(Oc2ccc(CO[C@@H](CNCc3ccc(C(=O)OC)cc3)c3ccccc3)cc2)cc1. The van der Waals surface area contributed by atoms with Crippen molar-refractivity contribution in [3.05, 3.63) is 137 Å². The van der Waals surface area contributed by atoms with Crippen LogP contribution in [-0.2, 0) is 22.6 Å². The van der Waals surface area contributed by atoms with E-state index in [2.05, 4.69) is 22.3 Å². The molecule has 1 atom stereocenters. The molecule has 4 aromatic rings. The van der Waals surface area contributed by atoms with Gasteiger partial charge in [-0.1, -0.05) is 66.7 Å². The van der Waals surface area contributed by atoms with Gasteiger partial charge in [0.25, 0.3) is 0 Å². The first-order valence-corrected chi connectivity index (χ1v) is 11.9. The average Bonchev–Trinajstić information content (AvgIpc) is 2.96. The molecule has 0 aromatic heterocycles. The molecule has 0 aliphatic rings. The number of ether oxygens (including phenoxy) is 3. The lowest BCUT2D eigenvalue weighted by Gasteiger charge is -2.19. The van der Waals surface area contributed by atoms with Gasteiger partial charge in [-0.05, 0) is 53.1 Å². The molecule has 1 N–H and O–H groups in total. The van der Waals surface area contributed by atoms with Crippen molar-refractivity contribution in [3.8, 4) is 11.5 Å². The zero-order valence-corrected chi connectivity index (χ0v) is 20.6. The van der Waals surface area contributed by atoms with Crippen LogP contribution < -0.4 is 10.1 Å². The van der Waals surface area contributed by atoms with Gasteiger partial charge in [-0.3, -0.25) is 0 Å². The van der Waals surface area contributed by atoms with E-state index in [1.54, 1.807) is 36.4 Å². The predicted molar refractivity (Wildman–Crippen MR) is 143 cm³/mol. The summed E-state index contributed by atoms with van der Waals surface area (Å²) in [6.45, 7) is 8.77. The molecule has 6 heteroatoms. The molecule has 0 bridgehead atoms. The number of methoxy groups -OCH3 is 1. The standard InChI is InChI=1S/C31H28N2O4/c1-32-27-14-18-29(19-15-27)37-28-16-10-24(11-17-28)22-36-30(25-6-4-3-5-7-25)21-33-20-23-8-12-26(13-9-23)31(34)35-2/h3-19,30,33H,20-22H2,2H3/t30-/m0/s1. The topological polar surface area (TPSA) is 61.2 Å². The Balaban J connectivity index is 1.32. The van der Waals surface area contributed by atoms with Gasteiger partial charge in [0.1, 0.15) is 11.5 Å². The molecule has 6 nitrogen and oxygen atoms in total. The molecule has 4 aromatic carbocycles. The molecule has 0 aliphatic carbocycles. The molecule has 0 saturated heterocycles. The number of nitrogens with zero attached hydrogens (tertiary/aromatic N) is 1. The fourth-order valence-corrected chi connectivity index (χ4v) is 3.74. The first kappa shape index (κ1) is 25.6. The monoisotopic (exact) mass is 492 g/mol. The smallest absolute Gasteiger partial charge is 0.337 e. The fraction of sp³-hybridized carbons (Fsp3) is 0.161. The van der Waals surface area contributed by atoms with Crippen molar-refractivity contribution in [3.63, 3.8) is 0 Å². The maximum atomic E-state index is 11.6. The Kier molecular flexibility index (Phi) is 9.03. The van der Waals surface area contributed by atoms with Crippen LogP contribution >= 0.6 is 0 Å². The number of carbonyl (C=O) groups excluding carboxylic acids is 1. The molecule has 0 saturated carbocycles. The van der Waals surface area contributed by atoms with Crippen LogP contribution in [0.2, 0.25) is 0 Å². The van der Waals surface area contributed by atoms with E-state index < -0.39 is 0 Å². The Bertz CT molecular complexity index is 1310. The van der Waals surface area contributed by atoms with Gasteiger partial charge in [0.2, 0.25) is 0 Å². The molecular formula is C31H28N2O4. The number of hydrogen-bond acceptors (Lipinski definition) is 5. The zero-order valence-electron chi connectivity index (χ0n) is 20.6. The number of nitrogens with one attached hydrogen (secondary N) is 1. The van der Waals surface area contributed by atoms with Gasteiger partial charge < -0.3 is 19.5 Å². The third-order valence-electron chi connectivity index (χ3n) is 5.78. The van der Waals surface area contributed by atoms with Crippen molar-refractivity contribution >= 4 is 11.7 Å². The van der Waals surface area contributed by atoms with Crippen LogP contribution in [-0.4, -0.2) is 19.6 Å². The van der Waals surface area contributed by atoms with Crippen LogP contribution in [0, 0.1) is 6.57 Å². The summed E-state index contributed by atoms with van der Waals surface area (Å²) < 4.78 is 16.9. The van der Waals surface area contributed by atoms with Crippen LogP contribution in [0.5, 0.6) is 11.5 Å². The van der Waals surface area contributed by atoms with Crippen LogP contribution in [0.1, 0.15) is 33.2 Å². The number of rotatable bonds is 11. The minimum Gasteiger partial charge on any atom is -0.465 e. The van der Waals surface area contributed by atoms with Crippen LogP contribution in [0.25, 0.3) is 4.85 Å². The van der Waals surface area contributed by atoms with Crippen LogP contribution in [0.15, 0.2) is 103 Å². The van der Waals surface area contributed by atoms with Gasteiger partial charge >= 0.3 is 5.97 Å². The fourth-order valence-electron chi connectivity index (χ4n) is 3.74. The van der Waals surface area contributed by atoms with Crippen molar-refractivity contribution in [1.29, 1.82) is 0 Å². The van der Waals surface area contributed by atoms with Crippen molar-refractivity contribution in [2.45, 2.75) is 19.3 Å². The van der Waals surface area contributed by atoms with Gasteiger partial charge in [0.05, 0.1) is 32.0 Å². The normalized spacial score (nSPS) is 11.4. The predicted octanol–water partition coefficient (Wildman–Crippen LogP) is 6.86. The van der Waals surface area contributed by atoms with Gasteiger partial charge in [0, 0.05) is 13.1 Å². The average molecular weight is 493 g/mol. The lowest BCUT2D eigenvalue weighted by molar-refractivity contribution is 0.0396. The largest absolute Gasteiger partial charge is 0.465 e. The summed E-state index contributed by atoms with van der Waals surface area (Å²) in [5.74, 6) is 1.07. The van der Waals surface area contributed by atoms with E-state index in [1.165, 1.54) is 7.11 Å². The molecule has 0 amide bonds. The highest BCUT2D eigenvalue weighted by atomic mass is 16.5. The summed E-state index contributed by atoms with van der Waals surface area (Å²) in [6.07, 6.45) is -0.132. The Morgan fingerprint density at radius 3 is 2.08 bits per heavy atom. The summed E-state index contributed by atoms with van der Waals surface area (Å²) in [4.78, 5) is 15.0. The van der Waals surface area contributed by atoms with Gasteiger partial charge in [-0.25, -0.2) is 9.64 Å². The van der Waals surface area contributed by atoms with Gasteiger partial charge in [-0.2, -0.15) is 0 Å². The molecule has 4 rings (SSSR count). The van der Waals surface area contributed by atoms with Crippen molar-refractivity contribution in [2.24, 2.45) is 0 Å². The van der Waals surface area contributed by atoms with E-state index in [9.17, 15) is 4.79 Å². The van der Waals surface area contributed by atoms with E-state index >= 15 is 0 Å². The highest BCUT2D eigenvalue weighted by Crippen LogP contribution is 2.25. The van der Waals surface area contributed by atoms with Crippen molar-refractivity contribution < 1.29 is 19.0 Å². The second-order valence-corrected chi connectivity index (χ2v) is 8.38. The summed E-state index contributed by atoms with van der Waals surface area (Å²) in [7, 11) is 1.38. The summed E-state index contributed by atoms with van der Waals surface area (Å²) in [6, 6.07) is 32.3. The summed E-state index contributed by atoms with van der Waals surface area (Å²) in [5.41, 5.74) is 4.32. The van der Waals surface area contributed by atoms with E-state index in [0.717, 1.165) is 22.4 Å².